The van der Waals surface area contributed by atoms with Crippen LogP contribution in [0, 0.1) is 0 Å². The minimum Gasteiger partial charge on any atom is -0.313 e. The van der Waals surface area contributed by atoms with Crippen LogP contribution in [0.15, 0.2) is 0 Å². The summed E-state index contributed by atoms with van der Waals surface area (Å²) in [6.45, 7) is -4.78. The van der Waals surface area contributed by atoms with Gasteiger partial charge in [0.15, 0.2) is 0 Å². The van der Waals surface area contributed by atoms with Crippen molar-refractivity contribution >= 4 is 17.1 Å². The zero-order chi connectivity index (χ0) is 6.08. The molecule has 0 heterocycles. The number of hydrogen-bond donors (Lipinski definition) is 3. The summed E-state index contributed by atoms with van der Waals surface area (Å²) in [5.41, 5.74) is 0. The first-order valence-electron chi connectivity index (χ1n) is 1.15. The molecular formula is H3O5PS. The molecule has 0 aromatic carbocycles. The molecule has 44 valence electrons. The van der Waals surface area contributed by atoms with Gasteiger partial charge < -0.3 is 9.79 Å². The zero-order valence-electron chi connectivity index (χ0n) is 3.01. The van der Waals surface area contributed by atoms with Crippen molar-refractivity contribution in [3.63, 3.8) is 0 Å². The van der Waals surface area contributed by atoms with Gasteiger partial charge in [0.25, 0.3) is 0 Å². The maximum Gasteiger partial charge on any atom is 0.437 e. The molecule has 0 bridgehead atoms. The zero-order valence-corrected chi connectivity index (χ0v) is 4.80. The van der Waals surface area contributed by atoms with E-state index in [9.17, 15) is 13.0 Å². The van der Waals surface area contributed by atoms with E-state index in [1.165, 1.54) is 0 Å². The molecule has 0 saturated carbocycles. The topological polar surface area (TPSA) is 91.7 Å². The fraction of sp³-hybridized carbons (Fsp3) is 0. The van der Waals surface area contributed by atoms with Crippen LogP contribution in [-0.4, -0.2) is 18.2 Å². The van der Waals surface area contributed by atoms with Crippen molar-refractivity contribution in [3.05, 3.63) is 0 Å². The van der Waals surface area contributed by atoms with Crippen LogP contribution in [0.4, 0.5) is 0 Å². The lowest BCUT2D eigenvalue weighted by atomic mass is 15.8. The van der Waals surface area contributed by atoms with Crippen LogP contribution >= 0.6 is 6.80 Å². The lowest BCUT2D eigenvalue weighted by Gasteiger charge is -1.85. The second kappa shape index (κ2) is 1.92. The summed E-state index contributed by atoms with van der Waals surface area (Å²) in [5, 5.41) is 0. The Hall–Kier alpha value is 0.1000. The van der Waals surface area contributed by atoms with Gasteiger partial charge in [0, 0.05) is 0 Å². The summed E-state index contributed by atoms with van der Waals surface area (Å²) < 4.78 is 28.0. The fourth-order valence-corrected chi connectivity index (χ4v) is 0. The second-order valence-corrected chi connectivity index (χ2v) is 4.80. The van der Waals surface area contributed by atoms with Gasteiger partial charge in [-0.1, -0.05) is 0 Å². The number of thiol groups is 1. The van der Waals surface area contributed by atoms with Crippen molar-refractivity contribution in [2.45, 2.75) is 0 Å². The van der Waals surface area contributed by atoms with Crippen LogP contribution in [-0.2, 0) is 14.9 Å². The van der Waals surface area contributed by atoms with E-state index in [-0.39, 0.29) is 0 Å². The van der Waals surface area contributed by atoms with Crippen molar-refractivity contribution in [1.82, 2.24) is 0 Å². The average Bonchev–Trinajstić information content (AvgIpc) is 1.31. The van der Waals surface area contributed by atoms with Crippen molar-refractivity contribution in [3.8, 4) is 0 Å². The van der Waals surface area contributed by atoms with Crippen LogP contribution in [0.1, 0.15) is 0 Å². The van der Waals surface area contributed by atoms with Gasteiger partial charge in [-0.15, -0.1) is 0 Å². The van der Waals surface area contributed by atoms with Crippen LogP contribution in [0.3, 0.4) is 0 Å². The van der Waals surface area contributed by atoms with Gasteiger partial charge in [-0.05, 0) is 0 Å². The smallest absolute Gasteiger partial charge is 0.313 e. The van der Waals surface area contributed by atoms with Gasteiger partial charge in [0.1, 0.15) is 0 Å². The third kappa shape index (κ3) is 2.76. The third-order valence-corrected chi connectivity index (χ3v) is 1.91. The highest BCUT2D eigenvalue weighted by Gasteiger charge is 2.14. The molecule has 0 amide bonds. The quantitative estimate of drug-likeness (QED) is 0.315. The van der Waals surface area contributed by atoms with Crippen molar-refractivity contribution in [2.24, 2.45) is 0 Å². The molecule has 0 unspecified atom stereocenters. The Balaban J connectivity index is 4.42. The summed E-state index contributed by atoms with van der Waals surface area (Å²) >= 11 is 0. The third-order valence-electron chi connectivity index (χ3n) is 0.213. The average molecular weight is 146 g/mol. The Morgan fingerprint density at radius 2 is 1.43 bits per heavy atom. The summed E-state index contributed by atoms with van der Waals surface area (Å²) in [4.78, 5) is 15.2. The summed E-state index contributed by atoms with van der Waals surface area (Å²) in [6.07, 6.45) is 0. The van der Waals surface area contributed by atoms with E-state index in [0.29, 0.717) is 0 Å². The summed E-state index contributed by atoms with van der Waals surface area (Å²) in [7, 11) is -3.57. The van der Waals surface area contributed by atoms with E-state index in [2.05, 4.69) is 0 Å². The molecule has 0 aromatic rings. The normalized spacial score (nSPS) is 12.4. The van der Waals surface area contributed by atoms with Crippen LogP contribution < -0.4 is 0 Å². The molecule has 0 radical (unpaired) electrons. The van der Waals surface area contributed by atoms with E-state index >= 15 is 0 Å². The standard InChI is InChI=1S/H3O5PS/c1-6(2,3)7(4)5/h7H,(H2,1,2,3). The Labute approximate surface area is 40.8 Å². The minimum absolute atomic E-state index is 3.57. The van der Waals surface area contributed by atoms with Gasteiger partial charge in [-0.2, -0.15) is 0 Å². The molecule has 0 rings (SSSR count). The molecule has 0 fully saturated rings. The Kier molecular flexibility index (Phi) is 1.94. The highest BCUT2D eigenvalue weighted by molar-refractivity contribution is 8.38. The highest BCUT2D eigenvalue weighted by Crippen LogP contribution is 2.34. The molecule has 7 heteroatoms. The van der Waals surface area contributed by atoms with Gasteiger partial charge in [0.2, 0.25) is 10.3 Å². The molecular weight excluding hydrogens is 143 g/mol. The van der Waals surface area contributed by atoms with Crippen LogP contribution in [0.5, 0.6) is 0 Å². The Morgan fingerprint density at radius 3 is 1.43 bits per heavy atom. The Morgan fingerprint density at radius 1 is 1.29 bits per heavy atom. The van der Waals surface area contributed by atoms with Crippen LogP contribution in [0.2, 0.25) is 0 Å². The molecule has 0 aliphatic rings. The monoisotopic (exact) mass is 146 g/mol. The summed E-state index contributed by atoms with van der Waals surface area (Å²) in [5.74, 6) is 0. The van der Waals surface area contributed by atoms with E-state index < -0.39 is 17.1 Å². The van der Waals surface area contributed by atoms with Crippen molar-refractivity contribution < 1.29 is 22.8 Å². The van der Waals surface area contributed by atoms with E-state index in [1.807, 2.05) is 0 Å². The molecule has 0 aromatic heterocycles. The SMILES string of the molecule is O=[SH](=O)P(=O)(O)O. The fourth-order valence-electron chi connectivity index (χ4n) is 0. The molecule has 7 heavy (non-hydrogen) atoms. The molecule has 0 aliphatic heterocycles. The molecule has 2 N–H and O–H groups in total. The second-order valence-electron chi connectivity index (χ2n) is 0.751. The van der Waals surface area contributed by atoms with Crippen LogP contribution in [0.25, 0.3) is 0 Å². The predicted molar refractivity (Wildman–Crippen MR) is 22.4 cm³/mol. The molecule has 0 aliphatic carbocycles. The molecule has 5 nitrogen and oxygen atoms in total. The lowest BCUT2D eigenvalue weighted by Crippen LogP contribution is -1.76. The first kappa shape index (κ1) is 7.10. The van der Waals surface area contributed by atoms with Crippen molar-refractivity contribution in [2.75, 3.05) is 0 Å². The largest absolute Gasteiger partial charge is 0.437 e. The van der Waals surface area contributed by atoms with Gasteiger partial charge in [0.05, 0.1) is 0 Å². The van der Waals surface area contributed by atoms with Gasteiger partial charge >= 0.3 is 6.80 Å². The number of rotatable bonds is 1. The maximum absolute atomic E-state index is 9.43. The highest BCUT2D eigenvalue weighted by atomic mass is 32.7. The van der Waals surface area contributed by atoms with Crippen molar-refractivity contribution in [1.29, 1.82) is 0 Å². The van der Waals surface area contributed by atoms with E-state index in [1.54, 1.807) is 0 Å². The van der Waals surface area contributed by atoms with E-state index in [0.717, 1.165) is 0 Å². The summed E-state index contributed by atoms with van der Waals surface area (Å²) in [6, 6.07) is 0. The first-order chi connectivity index (χ1) is 2.94. The van der Waals surface area contributed by atoms with E-state index in [4.69, 9.17) is 9.79 Å². The van der Waals surface area contributed by atoms with Gasteiger partial charge in [-0.3, -0.25) is 0 Å². The molecule has 0 spiro atoms. The number of hydrogen-bond acceptors (Lipinski definition) is 3. The molecule has 0 saturated heterocycles. The molecule has 0 atom stereocenters. The maximum atomic E-state index is 9.43. The minimum atomic E-state index is -4.78. The van der Waals surface area contributed by atoms with Gasteiger partial charge in [-0.25, -0.2) is 13.0 Å². The first-order valence-corrected chi connectivity index (χ1v) is 4.64. The predicted octanol–water partition coefficient (Wildman–Crippen LogP) is -1.31. The Bertz CT molecular complexity index is 151. The lowest BCUT2D eigenvalue weighted by molar-refractivity contribution is 0.392.